The van der Waals surface area contributed by atoms with Crippen molar-refractivity contribution in [1.82, 2.24) is 4.98 Å². The summed E-state index contributed by atoms with van der Waals surface area (Å²) in [7, 11) is 0. The monoisotopic (exact) mass is 462 g/mol. The van der Waals surface area contributed by atoms with Crippen molar-refractivity contribution in [3.8, 4) is 11.3 Å². The van der Waals surface area contributed by atoms with Crippen LogP contribution < -0.4 is 5.32 Å². The summed E-state index contributed by atoms with van der Waals surface area (Å²) in [5.41, 5.74) is 3.62. The predicted octanol–water partition coefficient (Wildman–Crippen LogP) is 5.18. The van der Waals surface area contributed by atoms with Gasteiger partial charge in [0.05, 0.1) is 15.4 Å². The second-order valence-electron chi connectivity index (χ2n) is 5.59. The zero-order valence-corrected chi connectivity index (χ0v) is 16.6. The number of rotatable bonds is 4. The number of hydrogen-bond donors (Lipinski definition) is 1. The molecule has 0 saturated heterocycles. The van der Waals surface area contributed by atoms with E-state index in [2.05, 4.69) is 32.9 Å². The van der Waals surface area contributed by atoms with Gasteiger partial charge >= 0.3 is 0 Å². The quantitative estimate of drug-likeness (QED) is 0.430. The van der Waals surface area contributed by atoms with Crippen molar-refractivity contribution >= 4 is 51.3 Å². The van der Waals surface area contributed by atoms with Crippen LogP contribution in [0.3, 0.4) is 0 Å². The summed E-state index contributed by atoms with van der Waals surface area (Å²) in [6.45, 7) is 3.49. The number of benzene rings is 1. The first-order chi connectivity index (χ1) is 11.9. The first-order valence-electron chi connectivity index (χ1n) is 7.59. The molecule has 0 fully saturated rings. The van der Waals surface area contributed by atoms with E-state index in [1.165, 1.54) is 18.3 Å². The zero-order valence-electron chi connectivity index (χ0n) is 13.7. The molecule has 0 atom stereocenters. The molecule has 0 bridgehead atoms. The van der Waals surface area contributed by atoms with Crippen LogP contribution in [-0.2, 0) is 0 Å². The van der Waals surface area contributed by atoms with Crippen LogP contribution >= 0.6 is 33.9 Å². The van der Waals surface area contributed by atoms with Crippen molar-refractivity contribution in [3.63, 3.8) is 0 Å². The Labute approximate surface area is 163 Å². The molecule has 1 aromatic carbocycles. The van der Waals surface area contributed by atoms with Crippen molar-refractivity contribution in [2.75, 3.05) is 5.32 Å². The predicted molar refractivity (Wildman–Crippen MR) is 109 cm³/mol. The lowest BCUT2D eigenvalue weighted by atomic mass is 10.1. The summed E-state index contributed by atoms with van der Waals surface area (Å²) in [5.74, 6) is -0.257. The lowest BCUT2D eigenvalue weighted by Crippen LogP contribution is -2.10. The van der Waals surface area contributed by atoms with Crippen molar-refractivity contribution < 1.29 is 9.59 Å². The molecule has 0 radical (unpaired) electrons. The molecular formula is C19H15IN2O2S. The molecule has 1 amide bonds. The highest BCUT2D eigenvalue weighted by molar-refractivity contribution is 14.1. The second-order valence-corrected chi connectivity index (χ2v) is 7.84. The molecule has 0 saturated carbocycles. The third kappa shape index (κ3) is 4.13. The molecule has 2 aromatic heterocycles. The highest BCUT2D eigenvalue weighted by atomic mass is 127. The van der Waals surface area contributed by atoms with Gasteiger partial charge in [-0.15, -0.1) is 11.3 Å². The van der Waals surface area contributed by atoms with E-state index in [1.54, 1.807) is 12.1 Å². The molecule has 0 aliphatic carbocycles. The Morgan fingerprint density at radius 1 is 1.08 bits per heavy atom. The van der Waals surface area contributed by atoms with Crippen molar-refractivity contribution in [2.45, 2.75) is 13.8 Å². The first kappa shape index (κ1) is 17.8. The number of nitrogens with zero attached hydrogens (tertiary/aromatic N) is 1. The smallest absolute Gasteiger partial charge is 0.265 e. The summed E-state index contributed by atoms with van der Waals surface area (Å²) in [4.78, 5) is 29.3. The minimum Gasteiger partial charge on any atom is -0.321 e. The fourth-order valence-corrected chi connectivity index (χ4v) is 3.68. The molecule has 0 spiro atoms. The average Bonchev–Trinajstić information content (AvgIpc) is 3.08. The molecule has 0 aliphatic heterocycles. The number of ketones is 1. The van der Waals surface area contributed by atoms with Gasteiger partial charge in [-0.2, -0.15) is 0 Å². The van der Waals surface area contributed by atoms with Crippen LogP contribution in [0.5, 0.6) is 0 Å². The van der Waals surface area contributed by atoms with Gasteiger partial charge in [-0.1, -0.05) is 6.07 Å². The minimum atomic E-state index is -0.221. The maximum atomic E-state index is 12.4. The molecule has 6 heteroatoms. The topological polar surface area (TPSA) is 59.1 Å². The maximum absolute atomic E-state index is 12.4. The number of aryl methyl sites for hydroxylation is 1. The lowest BCUT2D eigenvalue weighted by Gasteiger charge is -2.09. The molecule has 25 heavy (non-hydrogen) atoms. The summed E-state index contributed by atoms with van der Waals surface area (Å²) < 4.78 is 1.06. The van der Waals surface area contributed by atoms with Gasteiger partial charge in [-0.25, -0.2) is 0 Å². The van der Waals surface area contributed by atoms with Crippen LogP contribution in [0.1, 0.15) is 31.8 Å². The lowest BCUT2D eigenvalue weighted by molar-refractivity contribution is 0.101. The van der Waals surface area contributed by atoms with Crippen LogP contribution in [0, 0.1) is 10.5 Å². The third-order valence-electron chi connectivity index (χ3n) is 3.59. The van der Waals surface area contributed by atoms with Gasteiger partial charge in [0.1, 0.15) is 0 Å². The minimum absolute atomic E-state index is 0.0361. The SMILES string of the molecule is CC(=O)c1ccc(C(=O)Nc2ccc(I)c(-c3ccc(C)cn3)c2)s1. The Hall–Kier alpha value is -2.06. The Bertz CT molecular complexity index is 948. The Balaban J connectivity index is 1.85. The van der Waals surface area contributed by atoms with Crippen molar-refractivity contribution in [3.05, 3.63) is 67.5 Å². The summed E-state index contributed by atoms with van der Waals surface area (Å²) in [5, 5.41) is 2.89. The number of aromatic nitrogens is 1. The number of pyridine rings is 1. The van der Waals surface area contributed by atoms with E-state index in [9.17, 15) is 9.59 Å². The fraction of sp³-hybridized carbons (Fsp3) is 0.105. The number of carbonyl (C=O) groups excluding carboxylic acids is 2. The van der Waals surface area contributed by atoms with Crippen molar-refractivity contribution in [1.29, 1.82) is 0 Å². The van der Waals surface area contributed by atoms with E-state index in [0.717, 1.165) is 20.4 Å². The van der Waals surface area contributed by atoms with E-state index in [1.807, 2.05) is 43.5 Å². The number of nitrogens with one attached hydrogen (secondary N) is 1. The number of halogens is 1. The zero-order chi connectivity index (χ0) is 18.0. The Morgan fingerprint density at radius 3 is 2.48 bits per heavy atom. The Morgan fingerprint density at radius 2 is 1.84 bits per heavy atom. The van der Waals surface area contributed by atoms with E-state index >= 15 is 0 Å². The van der Waals surface area contributed by atoms with Gasteiger partial charge in [0, 0.05) is 21.0 Å². The number of amides is 1. The summed E-state index contributed by atoms with van der Waals surface area (Å²) in [6.07, 6.45) is 1.83. The normalized spacial score (nSPS) is 10.5. The maximum Gasteiger partial charge on any atom is 0.265 e. The van der Waals surface area contributed by atoms with Gasteiger partial charge in [-0.05, 0) is 78.4 Å². The standard InChI is InChI=1S/C19H15IN2O2S/c1-11-3-6-16(21-10-11)14-9-13(4-5-15(14)20)22-19(24)18-8-7-17(25-18)12(2)23/h3-10H,1-2H3,(H,22,24). The van der Waals surface area contributed by atoms with E-state index in [4.69, 9.17) is 0 Å². The number of Topliss-reactive ketones (excluding diaryl/α,β-unsaturated/α-hetero) is 1. The molecular weight excluding hydrogens is 447 g/mol. The van der Waals surface area contributed by atoms with Crippen LogP contribution in [0.15, 0.2) is 48.7 Å². The molecule has 3 rings (SSSR count). The molecule has 0 aliphatic rings. The summed E-state index contributed by atoms with van der Waals surface area (Å²) >= 11 is 3.46. The number of hydrogen-bond acceptors (Lipinski definition) is 4. The number of anilines is 1. The largest absolute Gasteiger partial charge is 0.321 e. The van der Waals surface area contributed by atoms with Crippen LogP contribution in [-0.4, -0.2) is 16.7 Å². The average molecular weight is 462 g/mol. The van der Waals surface area contributed by atoms with Crippen LogP contribution in [0.2, 0.25) is 0 Å². The molecule has 126 valence electrons. The van der Waals surface area contributed by atoms with Gasteiger partial charge in [0.25, 0.3) is 5.91 Å². The van der Waals surface area contributed by atoms with Gasteiger partial charge in [0.2, 0.25) is 0 Å². The van der Waals surface area contributed by atoms with E-state index in [0.29, 0.717) is 15.4 Å². The molecule has 2 heterocycles. The first-order valence-corrected chi connectivity index (χ1v) is 9.48. The van der Waals surface area contributed by atoms with Crippen LogP contribution in [0.25, 0.3) is 11.3 Å². The van der Waals surface area contributed by atoms with Crippen LogP contribution in [0.4, 0.5) is 5.69 Å². The highest BCUT2D eigenvalue weighted by Gasteiger charge is 2.13. The summed E-state index contributed by atoms with van der Waals surface area (Å²) in [6, 6.07) is 13.1. The number of carbonyl (C=O) groups is 2. The molecule has 1 N–H and O–H groups in total. The van der Waals surface area contributed by atoms with E-state index < -0.39 is 0 Å². The molecule has 4 nitrogen and oxygen atoms in total. The highest BCUT2D eigenvalue weighted by Crippen LogP contribution is 2.27. The molecule has 3 aromatic rings. The fourth-order valence-electron chi connectivity index (χ4n) is 2.27. The van der Waals surface area contributed by atoms with Gasteiger partial charge in [0.15, 0.2) is 5.78 Å². The second kappa shape index (κ2) is 7.45. The molecule has 0 unspecified atom stereocenters. The van der Waals surface area contributed by atoms with Gasteiger partial charge in [-0.3, -0.25) is 14.6 Å². The third-order valence-corrected chi connectivity index (χ3v) is 5.71. The van der Waals surface area contributed by atoms with Gasteiger partial charge < -0.3 is 5.32 Å². The Kier molecular flexibility index (Phi) is 5.29. The van der Waals surface area contributed by atoms with Crippen molar-refractivity contribution in [2.24, 2.45) is 0 Å². The number of thiophene rings is 1. The van der Waals surface area contributed by atoms with E-state index in [-0.39, 0.29) is 11.7 Å².